The maximum Gasteiger partial charge on any atom is 0.228 e. The first-order chi connectivity index (χ1) is 14.4. The van der Waals surface area contributed by atoms with Crippen LogP contribution in [0.15, 0.2) is 42.8 Å². The van der Waals surface area contributed by atoms with E-state index in [9.17, 15) is 9.18 Å². The lowest BCUT2D eigenvalue weighted by Crippen LogP contribution is -2.29. The van der Waals surface area contributed by atoms with E-state index in [0.29, 0.717) is 29.4 Å². The van der Waals surface area contributed by atoms with Gasteiger partial charge in [-0.15, -0.1) is 0 Å². The van der Waals surface area contributed by atoms with Gasteiger partial charge in [0.25, 0.3) is 0 Å². The van der Waals surface area contributed by atoms with Gasteiger partial charge in [0, 0.05) is 16.9 Å². The lowest BCUT2D eigenvalue weighted by atomic mass is 9.82. The third-order valence-electron chi connectivity index (χ3n) is 5.99. The predicted molar refractivity (Wildman–Crippen MR) is 111 cm³/mol. The Morgan fingerprint density at radius 1 is 1.27 bits per heavy atom. The molecule has 1 fully saturated rings. The number of pyridine rings is 1. The minimum atomic E-state index is -0.531. The zero-order chi connectivity index (χ0) is 21.3. The molecule has 2 aromatic rings. The average Bonchev–Trinajstić information content (AvgIpc) is 3.47. The van der Waals surface area contributed by atoms with Crippen molar-refractivity contribution in [2.24, 2.45) is 17.3 Å². The van der Waals surface area contributed by atoms with Gasteiger partial charge in [0.15, 0.2) is 5.75 Å². The van der Waals surface area contributed by atoms with E-state index in [0.717, 1.165) is 18.5 Å². The van der Waals surface area contributed by atoms with E-state index in [2.05, 4.69) is 32.4 Å². The van der Waals surface area contributed by atoms with Crippen molar-refractivity contribution < 1.29 is 13.9 Å². The van der Waals surface area contributed by atoms with Gasteiger partial charge in [-0.1, -0.05) is 24.3 Å². The lowest BCUT2D eigenvalue weighted by molar-refractivity contribution is -0.118. The number of nitrogens with one attached hydrogen (secondary N) is 1. The number of hydrogen-bond acceptors (Lipinski definition) is 5. The Kier molecular flexibility index (Phi) is 5.37. The molecule has 2 heterocycles. The van der Waals surface area contributed by atoms with Gasteiger partial charge in [0.05, 0.1) is 30.4 Å². The van der Waals surface area contributed by atoms with Crippen molar-refractivity contribution in [3.8, 4) is 5.75 Å². The summed E-state index contributed by atoms with van der Waals surface area (Å²) < 4.78 is 19.5. The molecule has 2 aromatic heterocycles. The van der Waals surface area contributed by atoms with Crippen LogP contribution in [0.4, 0.5) is 10.1 Å². The minimum Gasteiger partial charge on any atom is -0.489 e. The number of carbonyl (C=O) groups is 1. The predicted octanol–water partition coefficient (Wildman–Crippen LogP) is 4.09. The van der Waals surface area contributed by atoms with Crippen molar-refractivity contribution in [1.29, 1.82) is 0 Å². The summed E-state index contributed by atoms with van der Waals surface area (Å²) in [4.78, 5) is 25.3. The summed E-state index contributed by atoms with van der Waals surface area (Å²) in [5.41, 5.74) is 1.38. The number of amides is 1. The number of rotatable bonds is 6. The van der Waals surface area contributed by atoms with Gasteiger partial charge in [0.2, 0.25) is 11.9 Å². The Labute approximate surface area is 175 Å². The Hall–Kier alpha value is -3.09. The van der Waals surface area contributed by atoms with Crippen LogP contribution in [-0.2, 0) is 4.79 Å². The van der Waals surface area contributed by atoms with Crippen molar-refractivity contribution in [1.82, 2.24) is 15.0 Å². The molecule has 3 atom stereocenters. The molecule has 0 spiro atoms. The average molecular weight is 408 g/mol. The minimum absolute atomic E-state index is 0.0914. The fraction of sp³-hybridized carbons (Fsp3) is 0.391. The van der Waals surface area contributed by atoms with Crippen LogP contribution in [0.5, 0.6) is 5.75 Å². The first-order valence-corrected chi connectivity index (χ1v) is 10.1. The molecule has 1 saturated carbocycles. The smallest absolute Gasteiger partial charge is 0.228 e. The maximum atomic E-state index is 13.4. The van der Waals surface area contributed by atoms with E-state index in [1.165, 1.54) is 6.20 Å². The van der Waals surface area contributed by atoms with Crippen LogP contribution < -0.4 is 10.1 Å². The van der Waals surface area contributed by atoms with E-state index in [1.807, 2.05) is 26.0 Å². The largest absolute Gasteiger partial charge is 0.489 e. The number of halogens is 1. The fourth-order valence-electron chi connectivity index (χ4n) is 4.14. The Morgan fingerprint density at radius 2 is 2.10 bits per heavy atom. The van der Waals surface area contributed by atoms with Gasteiger partial charge in [-0.3, -0.25) is 4.79 Å². The number of allylic oxidation sites excluding steroid dienone is 4. The van der Waals surface area contributed by atoms with Gasteiger partial charge in [-0.05, 0) is 45.6 Å². The van der Waals surface area contributed by atoms with Gasteiger partial charge in [-0.25, -0.2) is 15.0 Å². The quantitative estimate of drug-likeness (QED) is 0.729. The van der Waals surface area contributed by atoms with Crippen LogP contribution in [0.25, 0.3) is 0 Å². The van der Waals surface area contributed by atoms with Gasteiger partial charge >= 0.3 is 0 Å². The molecule has 1 N–H and O–H groups in total. The third-order valence-corrected chi connectivity index (χ3v) is 5.99. The summed E-state index contributed by atoms with van der Waals surface area (Å²) in [5.74, 6) is 0.721. The second-order valence-electron chi connectivity index (χ2n) is 8.12. The molecule has 1 unspecified atom stereocenters. The van der Waals surface area contributed by atoms with E-state index >= 15 is 0 Å². The highest BCUT2D eigenvalue weighted by Gasteiger charge is 2.62. The molecule has 2 aliphatic rings. The third kappa shape index (κ3) is 3.97. The summed E-state index contributed by atoms with van der Waals surface area (Å²) in [6.45, 7) is 5.76. The molecule has 0 aromatic carbocycles. The molecule has 4 rings (SSSR count). The molecular formula is C23H25FN4O2. The molecular weight excluding hydrogens is 383 g/mol. The van der Waals surface area contributed by atoms with Crippen molar-refractivity contribution in [2.45, 2.75) is 33.6 Å². The molecule has 0 bridgehead atoms. The van der Waals surface area contributed by atoms with E-state index in [1.54, 1.807) is 19.2 Å². The summed E-state index contributed by atoms with van der Waals surface area (Å²) in [7, 11) is 0. The highest BCUT2D eigenvalue weighted by atomic mass is 19.1. The second-order valence-corrected chi connectivity index (χ2v) is 8.12. The SMILES string of the molecule is Cc1ncc(OC[C@@]2(C3C=CC=CC3)C[C@H]2C(=O)Nc2cnc(F)c(C)c2)c(C)n1. The number of hydrogen-bond donors (Lipinski definition) is 1. The van der Waals surface area contributed by atoms with E-state index in [4.69, 9.17) is 4.74 Å². The normalized spacial score (nSPS) is 24.5. The van der Waals surface area contributed by atoms with Gasteiger partial charge < -0.3 is 10.1 Å². The zero-order valence-electron chi connectivity index (χ0n) is 17.4. The van der Waals surface area contributed by atoms with Crippen LogP contribution in [0.2, 0.25) is 0 Å². The number of aromatic nitrogens is 3. The second kappa shape index (κ2) is 7.97. The number of nitrogens with zero attached hydrogens (tertiary/aromatic N) is 3. The molecule has 0 saturated heterocycles. The van der Waals surface area contributed by atoms with E-state index in [-0.39, 0.29) is 23.2 Å². The van der Waals surface area contributed by atoms with Gasteiger partial charge in [-0.2, -0.15) is 4.39 Å². The van der Waals surface area contributed by atoms with Crippen molar-refractivity contribution in [3.63, 3.8) is 0 Å². The molecule has 156 valence electrons. The highest BCUT2D eigenvalue weighted by Crippen LogP contribution is 2.60. The highest BCUT2D eigenvalue weighted by molar-refractivity contribution is 5.95. The Balaban J connectivity index is 1.51. The van der Waals surface area contributed by atoms with Crippen LogP contribution in [0.3, 0.4) is 0 Å². The number of ether oxygens (including phenoxy) is 1. The summed E-state index contributed by atoms with van der Waals surface area (Å²) >= 11 is 0. The first-order valence-electron chi connectivity index (χ1n) is 10.1. The van der Waals surface area contributed by atoms with Gasteiger partial charge in [0.1, 0.15) is 5.82 Å². The molecule has 7 heteroatoms. The standard InChI is InChI=1S/C23H25FN4O2/c1-14-9-18(11-26-21(14)24)28-22(29)19-10-23(19,17-7-5-4-6-8-17)13-30-20-12-25-16(3)27-15(20)2/h4-7,9,11-12,17,19H,8,10,13H2,1-3H3,(H,28,29)/t17?,19-,23+/m0/s1. The fourth-order valence-corrected chi connectivity index (χ4v) is 4.14. The van der Waals surface area contributed by atoms with Crippen LogP contribution in [-0.4, -0.2) is 27.5 Å². The van der Waals surface area contributed by atoms with Crippen LogP contribution in [0, 0.1) is 44.0 Å². The molecule has 0 radical (unpaired) electrons. The lowest BCUT2D eigenvalue weighted by Gasteiger charge is -2.26. The topological polar surface area (TPSA) is 77.0 Å². The summed E-state index contributed by atoms with van der Waals surface area (Å²) in [6, 6.07) is 1.59. The number of anilines is 1. The molecule has 30 heavy (non-hydrogen) atoms. The van der Waals surface area contributed by atoms with Crippen molar-refractivity contribution in [2.75, 3.05) is 11.9 Å². The molecule has 0 aliphatic heterocycles. The van der Waals surface area contributed by atoms with E-state index < -0.39 is 5.95 Å². The molecule has 6 nitrogen and oxygen atoms in total. The maximum absolute atomic E-state index is 13.4. The Bertz CT molecular complexity index is 1040. The Morgan fingerprint density at radius 3 is 2.80 bits per heavy atom. The van der Waals surface area contributed by atoms with Crippen molar-refractivity contribution >= 4 is 11.6 Å². The number of carbonyl (C=O) groups excluding carboxylic acids is 1. The first kappa shape index (κ1) is 20.2. The molecule has 2 aliphatic carbocycles. The van der Waals surface area contributed by atoms with Crippen LogP contribution >= 0.6 is 0 Å². The number of aryl methyl sites for hydroxylation is 3. The summed E-state index contributed by atoms with van der Waals surface area (Å²) in [5, 5.41) is 2.89. The van der Waals surface area contributed by atoms with Crippen molar-refractivity contribution in [3.05, 3.63) is 65.8 Å². The zero-order valence-corrected chi connectivity index (χ0v) is 17.4. The summed E-state index contributed by atoms with van der Waals surface area (Å²) in [6.07, 6.45) is 12.9. The monoisotopic (exact) mass is 408 g/mol. The van der Waals surface area contributed by atoms with Crippen LogP contribution in [0.1, 0.15) is 29.9 Å². The molecule has 1 amide bonds.